The molecule has 3 heteroatoms. The first-order valence-electron chi connectivity index (χ1n) is 8.23. The highest BCUT2D eigenvalue weighted by atomic mass is 15.2. The second-order valence-corrected chi connectivity index (χ2v) is 7.49. The zero-order valence-corrected chi connectivity index (χ0v) is 13.2. The van der Waals surface area contributed by atoms with E-state index in [-0.39, 0.29) is 5.54 Å². The molecule has 0 amide bonds. The molecule has 1 unspecified atom stereocenters. The van der Waals surface area contributed by atoms with Crippen LogP contribution in [0.3, 0.4) is 0 Å². The van der Waals surface area contributed by atoms with Crippen molar-refractivity contribution >= 4 is 0 Å². The van der Waals surface area contributed by atoms with Crippen molar-refractivity contribution in [3.63, 3.8) is 0 Å². The summed E-state index contributed by atoms with van der Waals surface area (Å²) in [6, 6.07) is 0. The summed E-state index contributed by atoms with van der Waals surface area (Å²) in [6.07, 6.45) is 5.65. The molecule has 0 bridgehead atoms. The highest BCUT2D eigenvalue weighted by molar-refractivity contribution is 4.81. The van der Waals surface area contributed by atoms with E-state index in [1.165, 1.54) is 71.5 Å². The molecule has 0 aromatic heterocycles. The minimum Gasteiger partial charge on any atom is -0.312 e. The summed E-state index contributed by atoms with van der Waals surface area (Å²) in [6.45, 7) is 15.8. The summed E-state index contributed by atoms with van der Waals surface area (Å²) in [5.74, 6) is 0.862. The Morgan fingerprint density at radius 3 is 2.32 bits per heavy atom. The Balaban J connectivity index is 1.59. The number of rotatable bonds is 5. The molecule has 0 aromatic carbocycles. The van der Waals surface area contributed by atoms with Gasteiger partial charge in [0.15, 0.2) is 0 Å². The van der Waals surface area contributed by atoms with E-state index in [2.05, 4.69) is 35.9 Å². The van der Waals surface area contributed by atoms with Gasteiger partial charge in [-0.15, -0.1) is 0 Å². The Bertz CT molecular complexity index is 253. The molecular weight excluding hydrogens is 234 g/mol. The quantitative estimate of drug-likeness (QED) is 0.824. The minimum absolute atomic E-state index is 0.265. The van der Waals surface area contributed by atoms with Gasteiger partial charge in [0.25, 0.3) is 0 Å². The third kappa shape index (κ3) is 5.80. The maximum absolute atomic E-state index is 3.65. The summed E-state index contributed by atoms with van der Waals surface area (Å²) in [4.78, 5) is 5.33. The maximum Gasteiger partial charge on any atom is 0.0109 e. The highest BCUT2D eigenvalue weighted by Crippen LogP contribution is 2.17. The lowest BCUT2D eigenvalue weighted by atomic mass is 10.1. The van der Waals surface area contributed by atoms with Gasteiger partial charge in [0.1, 0.15) is 0 Å². The summed E-state index contributed by atoms with van der Waals surface area (Å²) < 4.78 is 0. The van der Waals surface area contributed by atoms with Gasteiger partial charge >= 0.3 is 0 Å². The van der Waals surface area contributed by atoms with Crippen LogP contribution in [0.25, 0.3) is 0 Å². The van der Waals surface area contributed by atoms with Crippen LogP contribution in [0.4, 0.5) is 0 Å². The van der Waals surface area contributed by atoms with Crippen molar-refractivity contribution in [2.45, 2.75) is 52.0 Å². The van der Waals surface area contributed by atoms with E-state index in [0.29, 0.717) is 0 Å². The Morgan fingerprint density at radius 2 is 1.63 bits per heavy atom. The van der Waals surface area contributed by atoms with Gasteiger partial charge in [-0.2, -0.15) is 0 Å². The van der Waals surface area contributed by atoms with Crippen molar-refractivity contribution in [2.75, 3.05) is 45.8 Å². The van der Waals surface area contributed by atoms with Crippen LogP contribution >= 0.6 is 0 Å². The van der Waals surface area contributed by atoms with Crippen molar-refractivity contribution in [3.8, 4) is 0 Å². The molecule has 2 fully saturated rings. The first kappa shape index (κ1) is 15.3. The van der Waals surface area contributed by atoms with Gasteiger partial charge in [0.05, 0.1) is 0 Å². The van der Waals surface area contributed by atoms with Gasteiger partial charge in [-0.05, 0) is 72.1 Å². The van der Waals surface area contributed by atoms with Crippen LogP contribution in [0.5, 0.6) is 0 Å². The lowest BCUT2D eigenvalue weighted by Gasteiger charge is -2.28. The number of nitrogens with one attached hydrogen (secondary N) is 1. The van der Waals surface area contributed by atoms with E-state index in [1.54, 1.807) is 0 Å². The maximum atomic E-state index is 3.65. The Hall–Kier alpha value is -0.120. The predicted octanol–water partition coefficient (Wildman–Crippen LogP) is 2.18. The van der Waals surface area contributed by atoms with Gasteiger partial charge in [0.2, 0.25) is 0 Å². The van der Waals surface area contributed by atoms with Crippen LogP contribution < -0.4 is 5.32 Å². The second kappa shape index (κ2) is 7.05. The van der Waals surface area contributed by atoms with Gasteiger partial charge < -0.3 is 15.1 Å². The molecule has 0 aliphatic carbocycles. The molecule has 3 nitrogen and oxygen atoms in total. The van der Waals surface area contributed by atoms with Crippen LogP contribution in [0.1, 0.15) is 46.5 Å². The van der Waals surface area contributed by atoms with Crippen molar-refractivity contribution in [1.82, 2.24) is 15.1 Å². The molecule has 2 rings (SSSR count). The Labute approximate surface area is 119 Å². The lowest BCUT2D eigenvalue weighted by Crippen LogP contribution is -2.40. The van der Waals surface area contributed by atoms with Crippen LogP contribution in [0, 0.1) is 5.92 Å². The second-order valence-electron chi connectivity index (χ2n) is 7.49. The fraction of sp³-hybridized carbons (Fsp3) is 1.00. The summed E-state index contributed by atoms with van der Waals surface area (Å²) in [5, 5.41) is 3.65. The Kier molecular flexibility index (Phi) is 5.67. The number of nitrogens with zero attached hydrogens (tertiary/aromatic N) is 2. The lowest BCUT2D eigenvalue weighted by molar-refractivity contribution is 0.193. The molecule has 2 aliphatic rings. The molecule has 19 heavy (non-hydrogen) atoms. The fourth-order valence-electron chi connectivity index (χ4n) is 3.20. The zero-order valence-electron chi connectivity index (χ0n) is 13.2. The first-order chi connectivity index (χ1) is 9.03. The molecule has 0 aromatic rings. The predicted molar refractivity (Wildman–Crippen MR) is 82.6 cm³/mol. The average Bonchev–Trinajstić information content (AvgIpc) is 2.82. The highest BCUT2D eigenvalue weighted by Gasteiger charge is 2.24. The van der Waals surface area contributed by atoms with Crippen LogP contribution in [0.2, 0.25) is 0 Å². The van der Waals surface area contributed by atoms with E-state index in [9.17, 15) is 0 Å². The smallest absolute Gasteiger partial charge is 0.0109 e. The van der Waals surface area contributed by atoms with Crippen LogP contribution in [-0.2, 0) is 0 Å². The summed E-state index contributed by atoms with van der Waals surface area (Å²) in [7, 11) is 0. The van der Waals surface area contributed by atoms with E-state index < -0.39 is 0 Å². The summed E-state index contributed by atoms with van der Waals surface area (Å²) in [5.41, 5.74) is 0.265. The molecule has 2 aliphatic heterocycles. The monoisotopic (exact) mass is 267 g/mol. The third-order valence-corrected chi connectivity index (χ3v) is 4.47. The molecule has 0 spiro atoms. The normalized spacial score (nSPS) is 27.0. The van der Waals surface area contributed by atoms with Crippen LogP contribution in [-0.4, -0.2) is 61.2 Å². The topological polar surface area (TPSA) is 18.5 Å². The van der Waals surface area contributed by atoms with Gasteiger partial charge in [-0.1, -0.05) is 6.42 Å². The number of hydrogen-bond acceptors (Lipinski definition) is 3. The van der Waals surface area contributed by atoms with E-state index >= 15 is 0 Å². The molecule has 1 N–H and O–H groups in total. The molecule has 2 heterocycles. The van der Waals surface area contributed by atoms with Crippen molar-refractivity contribution in [3.05, 3.63) is 0 Å². The van der Waals surface area contributed by atoms with Crippen molar-refractivity contribution < 1.29 is 0 Å². The molecular formula is C16H33N3. The Morgan fingerprint density at radius 1 is 0.947 bits per heavy atom. The van der Waals surface area contributed by atoms with E-state index in [4.69, 9.17) is 0 Å². The number of piperidine rings is 1. The molecule has 0 saturated carbocycles. The van der Waals surface area contributed by atoms with E-state index in [0.717, 1.165) is 5.92 Å². The van der Waals surface area contributed by atoms with Gasteiger partial charge in [0, 0.05) is 25.2 Å². The third-order valence-electron chi connectivity index (χ3n) is 4.47. The van der Waals surface area contributed by atoms with Gasteiger partial charge in [-0.25, -0.2) is 0 Å². The van der Waals surface area contributed by atoms with Crippen LogP contribution in [0.15, 0.2) is 0 Å². The standard InChI is InChI=1S/C16H33N3/c1-16(2,3)17-13-15-7-10-19(14-15)12-11-18-8-5-4-6-9-18/h15,17H,4-14H2,1-3H3. The molecule has 112 valence electrons. The minimum atomic E-state index is 0.265. The fourth-order valence-corrected chi connectivity index (χ4v) is 3.20. The van der Waals surface area contributed by atoms with Crippen molar-refractivity contribution in [2.24, 2.45) is 5.92 Å². The summed E-state index contributed by atoms with van der Waals surface area (Å²) >= 11 is 0. The number of hydrogen-bond donors (Lipinski definition) is 1. The first-order valence-corrected chi connectivity index (χ1v) is 8.23. The zero-order chi connectivity index (χ0) is 13.7. The largest absolute Gasteiger partial charge is 0.312 e. The molecule has 0 radical (unpaired) electrons. The number of likely N-dealkylation sites (tertiary alicyclic amines) is 2. The molecule has 2 saturated heterocycles. The van der Waals surface area contributed by atoms with E-state index in [1.807, 2.05) is 0 Å². The SMILES string of the molecule is CC(C)(C)NCC1CCN(CCN2CCCCC2)C1. The van der Waals surface area contributed by atoms with Gasteiger partial charge in [-0.3, -0.25) is 0 Å². The average molecular weight is 267 g/mol. The van der Waals surface area contributed by atoms with Crippen molar-refractivity contribution in [1.29, 1.82) is 0 Å². The molecule has 1 atom stereocenters.